The Morgan fingerprint density at radius 2 is 2.11 bits per heavy atom. The zero-order valence-corrected chi connectivity index (χ0v) is 11.3. The summed E-state index contributed by atoms with van der Waals surface area (Å²) in [6.45, 7) is 6.91. The van der Waals surface area contributed by atoms with Crippen LogP contribution in [0.1, 0.15) is 39.2 Å². The smallest absolute Gasteiger partial charge is 0.227 e. The highest BCUT2D eigenvalue weighted by atomic mass is 19.1. The highest BCUT2D eigenvalue weighted by Gasteiger charge is 2.26. The van der Waals surface area contributed by atoms with Gasteiger partial charge in [-0.3, -0.25) is 4.79 Å². The van der Waals surface area contributed by atoms with E-state index in [0.717, 1.165) is 30.6 Å². The van der Waals surface area contributed by atoms with Crippen LogP contribution in [0.25, 0.3) is 0 Å². The predicted octanol–water partition coefficient (Wildman–Crippen LogP) is 3.54. The highest BCUT2D eigenvalue weighted by Crippen LogP contribution is 2.30. The third-order valence-corrected chi connectivity index (χ3v) is 3.14. The first-order chi connectivity index (χ1) is 8.37. The molecule has 1 amide bonds. The lowest BCUT2D eigenvalue weighted by Crippen LogP contribution is -2.37. The fourth-order valence-electron chi connectivity index (χ4n) is 2.37. The second-order valence-corrected chi connectivity index (χ2v) is 6.16. The lowest BCUT2D eigenvalue weighted by atomic mass is 9.90. The van der Waals surface area contributed by atoms with Crippen molar-refractivity contribution in [2.24, 2.45) is 5.41 Å². The first-order valence-corrected chi connectivity index (χ1v) is 6.46. The Morgan fingerprint density at radius 3 is 2.78 bits per heavy atom. The Balaban J connectivity index is 2.25. The summed E-state index contributed by atoms with van der Waals surface area (Å²) < 4.78 is 13.2. The fraction of sp³-hybridized carbons (Fsp3) is 0.533. The molecule has 1 aromatic rings. The highest BCUT2D eigenvalue weighted by molar-refractivity contribution is 5.94. The van der Waals surface area contributed by atoms with Crippen molar-refractivity contribution in [3.63, 3.8) is 0 Å². The summed E-state index contributed by atoms with van der Waals surface area (Å²) in [6, 6.07) is 4.71. The van der Waals surface area contributed by atoms with Gasteiger partial charge in [0.2, 0.25) is 5.91 Å². The number of amides is 1. The number of aryl methyl sites for hydroxylation is 1. The van der Waals surface area contributed by atoms with E-state index in [0.29, 0.717) is 6.42 Å². The van der Waals surface area contributed by atoms with E-state index in [9.17, 15) is 9.18 Å². The average Bonchev–Trinajstić information content (AvgIpc) is 2.25. The van der Waals surface area contributed by atoms with Gasteiger partial charge in [-0.05, 0) is 42.0 Å². The van der Waals surface area contributed by atoms with Gasteiger partial charge in [0.15, 0.2) is 0 Å². The quantitative estimate of drug-likeness (QED) is 0.745. The van der Waals surface area contributed by atoms with Gasteiger partial charge >= 0.3 is 0 Å². The summed E-state index contributed by atoms with van der Waals surface area (Å²) >= 11 is 0. The maximum atomic E-state index is 13.2. The molecule has 0 saturated heterocycles. The van der Waals surface area contributed by atoms with E-state index in [1.165, 1.54) is 6.07 Å². The lowest BCUT2D eigenvalue weighted by Gasteiger charge is -2.31. The van der Waals surface area contributed by atoms with Crippen LogP contribution in [0.4, 0.5) is 10.1 Å². The monoisotopic (exact) mass is 249 g/mol. The van der Waals surface area contributed by atoms with Crippen LogP contribution in [0.5, 0.6) is 0 Å². The number of nitrogens with zero attached hydrogens (tertiary/aromatic N) is 1. The van der Waals surface area contributed by atoms with Crippen molar-refractivity contribution in [3.8, 4) is 0 Å². The van der Waals surface area contributed by atoms with E-state index < -0.39 is 0 Å². The second kappa shape index (κ2) is 4.71. The Labute approximate surface area is 108 Å². The zero-order chi connectivity index (χ0) is 13.3. The maximum Gasteiger partial charge on any atom is 0.227 e. The van der Waals surface area contributed by atoms with Crippen molar-refractivity contribution >= 4 is 11.6 Å². The van der Waals surface area contributed by atoms with Crippen LogP contribution >= 0.6 is 0 Å². The first kappa shape index (κ1) is 13.1. The molecule has 1 aliphatic heterocycles. The number of hydrogen-bond acceptors (Lipinski definition) is 1. The molecule has 0 aromatic heterocycles. The van der Waals surface area contributed by atoms with Crippen LogP contribution in [0, 0.1) is 11.2 Å². The minimum atomic E-state index is -0.223. The minimum Gasteiger partial charge on any atom is -0.312 e. The SMILES string of the molecule is CC(C)(C)CC(=O)N1CCCc2cc(F)ccc21. The Kier molecular flexibility index (Phi) is 3.42. The van der Waals surface area contributed by atoms with Gasteiger partial charge in [0.1, 0.15) is 5.82 Å². The molecule has 0 N–H and O–H groups in total. The van der Waals surface area contributed by atoms with Gasteiger partial charge in [-0.15, -0.1) is 0 Å². The van der Waals surface area contributed by atoms with Crippen LogP contribution in [0.2, 0.25) is 0 Å². The molecule has 2 nitrogen and oxygen atoms in total. The summed E-state index contributed by atoms with van der Waals surface area (Å²) in [7, 11) is 0. The summed E-state index contributed by atoms with van der Waals surface area (Å²) in [5.41, 5.74) is 1.81. The van der Waals surface area contributed by atoms with E-state index in [1.54, 1.807) is 12.1 Å². The van der Waals surface area contributed by atoms with Crippen molar-refractivity contribution in [2.75, 3.05) is 11.4 Å². The standard InChI is InChI=1S/C15H20FNO/c1-15(2,3)10-14(18)17-8-4-5-11-9-12(16)6-7-13(11)17/h6-7,9H,4-5,8,10H2,1-3H3. The van der Waals surface area contributed by atoms with Gasteiger partial charge in [0, 0.05) is 18.7 Å². The molecular formula is C15H20FNO. The molecule has 18 heavy (non-hydrogen) atoms. The van der Waals surface area contributed by atoms with Gasteiger partial charge in [-0.1, -0.05) is 20.8 Å². The van der Waals surface area contributed by atoms with Crippen LogP contribution in [-0.4, -0.2) is 12.5 Å². The zero-order valence-electron chi connectivity index (χ0n) is 11.3. The number of carbonyl (C=O) groups excluding carboxylic acids is 1. The molecule has 0 bridgehead atoms. The third-order valence-electron chi connectivity index (χ3n) is 3.14. The van der Waals surface area contributed by atoms with Gasteiger partial charge < -0.3 is 4.90 Å². The molecule has 0 unspecified atom stereocenters. The van der Waals surface area contributed by atoms with Crippen molar-refractivity contribution < 1.29 is 9.18 Å². The van der Waals surface area contributed by atoms with Crippen LogP contribution < -0.4 is 4.90 Å². The van der Waals surface area contributed by atoms with Gasteiger partial charge in [-0.25, -0.2) is 4.39 Å². The molecule has 0 atom stereocenters. The Morgan fingerprint density at radius 1 is 1.39 bits per heavy atom. The molecule has 3 heteroatoms. The second-order valence-electron chi connectivity index (χ2n) is 6.16. The molecule has 0 radical (unpaired) electrons. The number of hydrogen-bond donors (Lipinski definition) is 0. The van der Waals surface area contributed by atoms with E-state index in [4.69, 9.17) is 0 Å². The maximum absolute atomic E-state index is 13.2. The Hall–Kier alpha value is -1.38. The summed E-state index contributed by atoms with van der Waals surface area (Å²) in [5.74, 6) is -0.0890. The molecule has 0 fully saturated rings. The molecule has 0 spiro atoms. The number of carbonyl (C=O) groups is 1. The van der Waals surface area contributed by atoms with Gasteiger partial charge in [-0.2, -0.15) is 0 Å². The largest absolute Gasteiger partial charge is 0.312 e. The first-order valence-electron chi connectivity index (χ1n) is 6.46. The number of rotatable bonds is 1. The van der Waals surface area contributed by atoms with E-state index in [-0.39, 0.29) is 17.1 Å². The molecule has 1 aliphatic rings. The summed E-state index contributed by atoms with van der Waals surface area (Å²) in [5, 5.41) is 0. The topological polar surface area (TPSA) is 20.3 Å². The molecule has 1 heterocycles. The van der Waals surface area contributed by atoms with Crippen molar-refractivity contribution in [3.05, 3.63) is 29.6 Å². The van der Waals surface area contributed by atoms with E-state index in [1.807, 2.05) is 4.90 Å². The average molecular weight is 249 g/mol. The molecular weight excluding hydrogens is 229 g/mol. The third kappa shape index (κ3) is 2.89. The molecule has 2 rings (SSSR count). The van der Waals surface area contributed by atoms with Crippen LogP contribution in [0.15, 0.2) is 18.2 Å². The van der Waals surface area contributed by atoms with Gasteiger partial charge in [0.05, 0.1) is 0 Å². The molecule has 1 aromatic carbocycles. The molecule has 0 aliphatic carbocycles. The summed E-state index contributed by atoms with van der Waals surface area (Å²) in [4.78, 5) is 14.1. The van der Waals surface area contributed by atoms with Crippen LogP contribution in [-0.2, 0) is 11.2 Å². The van der Waals surface area contributed by atoms with Crippen molar-refractivity contribution in [1.82, 2.24) is 0 Å². The van der Waals surface area contributed by atoms with Crippen molar-refractivity contribution in [2.45, 2.75) is 40.0 Å². The number of fused-ring (bicyclic) bond motifs is 1. The van der Waals surface area contributed by atoms with Crippen LogP contribution in [0.3, 0.4) is 0 Å². The number of anilines is 1. The van der Waals surface area contributed by atoms with Gasteiger partial charge in [0.25, 0.3) is 0 Å². The molecule has 0 saturated carbocycles. The van der Waals surface area contributed by atoms with E-state index in [2.05, 4.69) is 20.8 Å². The van der Waals surface area contributed by atoms with Crippen molar-refractivity contribution in [1.29, 1.82) is 0 Å². The lowest BCUT2D eigenvalue weighted by molar-refractivity contribution is -0.120. The predicted molar refractivity (Wildman–Crippen MR) is 71.1 cm³/mol. The normalized spacial score (nSPS) is 15.4. The summed E-state index contributed by atoms with van der Waals surface area (Å²) in [6.07, 6.45) is 2.28. The number of halogens is 1. The Bertz CT molecular complexity index is 462. The van der Waals surface area contributed by atoms with E-state index >= 15 is 0 Å². The molecule has 98 valence electrons. The minimum absolute atomic E-state index is 0.0191. The fourth-order valence-corrected chi connectivity index (χ4v) is 2.37. The number of benzene rings is 1.